The molecule has 2 aromatic heterocycles. The molecule has 0 atom stereocenters. The van der Waals surface area contributed by atoms with Crippen molar-refractivity contribution in [3.8, 4) is 0 Å². The molecule has 0 saturated heterocycles. The van der Waals surface area contributed by atoms with Crippen molar-refractivity contribution in [2.45, 2.75) is 0 Å². The standard InChI is InChI=1S/C15H10O2S/c16-14-9-12(6-5-11-7-8-18-10-11)17-15-4-2-1-3-13(14)15/h1-10H/b6-5+. The first kappa shape index (κ1) is 11.0. The van der Waals surface area contributed by atoms with Gasteiger partial charge in [-0.05, 0) is 40.6 Å². The number of para-hydroxylation sites is 1. The summed E-state index contributed by atoms with van der Waals surface area (Å²) in [6.45, 7) is 0. The lowest BCUT2D eigenvalue weighted by Gasteiger charge is -1.97. The fourth-order valence-corrected chi connectivity index (χ4v) is 2.38. The lowest BCUT2D eigenvalue weighted by molar-refractivity contribution is 0.591. The van der Waals surface area contributed by atoms with Crippen molar-refractivity contribution in [3.05, 3.63) is 68.7 Å². The monoisotopic (exact) mass is 254 g/mol. The van der Waals surface area contributed by atoms with E-state index in [9.17, 15) is 4.79 Å². The smallest absolute Gasteiger partial charge is 0.193 e. The molecule has 2 nitrogen and oxygen atoms in total. The summed E-state index contributed by atoms with van der Waals surface area (Å²) in [4.78, 5) is 11.9. The zero-order chi connectivity index (χ0) is 12.4. The van der Waals surface area contributed by atoms with E-state index < -0.39 is 0 Å². The Labute approximate surface area is 108 Å². The Hall–Kier alpha value is -2.13. The van der Waals surface area contributed by atoms with E-state index in [0.717, 1.165) is 5.56 Å². The number of benzene rings is 1. The Morgan fingerprint density at radius 2 is 2.00 bits per heavy atom. The number of hydrogen-bond donors (Lipinski definition) is 0. The molecule has 3 rings (SSSR count). The molecule has 0 bridgehead atoms. The van der Waals surface area contributed by atoms with Crippen LogP contribution >= 0.6 is 11.3 Å². The SMILES string of the molecule is O=c1cc(/C=C/c2ccsc2)oc2ccccc12. The molecular formula is C15H10O2S. The van der Waals surface area contributed by atoms with Crippen molar-refractivity contribution in [1.29, 1.82) is 0 Å². The second-order valence-electron chi connectivity index (χ2n) is 3.90. The van der Waals surface area contributed by atoms with Crippen LogP contribution in [0, 0.1) is 0 Å². The Morgan fingerprint density at radius 1 is 1.11 bits per heavy atom. The Bertz CT molecular complexity index is 752. The minimum absolute atomic E-state index is 0.0122. The van der Waals surface area contributed by atoms with E-state index in [1.165, 1.54) is 6.07 Å². The molecule has 3 heteroatoms. The highest BCUT2D eigenvalue weighted by Crippen LogP contribution is 2.15. The van der Waals surface area contributed by atoms with Crippen molar-refractivity contribution in [2.75, 3.05) is 0 Å². The fourth-order valence-electron chi connectivity index (χ4n) is 1.75. The maximum atomic E-state index is 11.9. The maximum Gasteiger partial charge on any atom is 0.193 e. The summed E-state index contributed by atoms with van der Waals surface area (Å²) in [5.41, 5.74) is 1.72. The van der Waals surface area contributed by atoms with Gasteiger partial charge in [0, 0.05) is 6.07 Å². The molecule has 0 radical (unpaired) electrons. The zero-order valence-corrected chi connectivity index (χ0v) is 10.3. The molecule has 1 aromatic carbocycles. The molecule has 0 saturated carbocycles. The third-order valence-electron chi connectivity index (χ3n) is 2.64. The number of rotatable bonds is 2. The normalized spacial score (nSPS) is 11.3. The summed E-state index contributed by atoms with van der Waals surface area (Å²) in [5.74, 6) is 0.574. The van der Waals surface area contributed by atoms with Gasteiger partial charge in [-0.1, -0.05) is 18.2 Å². The Kier molecular flexibility index (Phi) is 2.82. The minimum atomic E-state index is -0.0122. The molecule has 0 spiro atoms. The van der Waals surface area contributed by atoms with Gasteiger partial charge in [-0.3, -0.25) is 4.79 Å². The quantitative estimate of drug-likeness (QED) is 0.691. The molecule has 88 valence electrons. The summed E-state index contributed by atoms with van der Waals surface area (Å²) in [7, 11) is 0. The van der Waals surface area contributed by atoms with Gasteiger partial charge < -0.3 is 4.42 Å². The molecule has 0 aliphatic carbocycles. The molecular weight excluding hydrogens is 244 g/mol. The first-order valence-corrected chi connectivity index (χ1v) is 6.50. The van der Waals surface area contributed by atoms with Gasteiger partial charge in [0.2, 0.25) is 0 Å². The zero-order valence-electron chi connectivity index (χ0n) is 9.50. The summed E-state index contributed by atoms with van der Waals surface area (Å²) < 4.78 is 5.66. The lowest BCUT2D eigenvalue weighted by Crippen LogP contribution is -1.99. The van der Waals surface area contributed by atoms with E-state index in [-0.39, 0.29) is 5.43 Å². The fraction of sp³-hybridized carbons (Fsp3) is 0. The summed E-state index contributed by atoms with van der Waals surface area (Å²) in [6.07, 6.45) is 3.75. The summed E-state index contributed by atoms with van der Waals surface area (Å²) in [5, 5.41) is 4.66. The van der Waals surface area contributed by atoms with E-state index in [2.05, 4.69) is 0 Å². The van der Waals surface area contributed by atoms with Crippen LogP contribution in [0.15, 0.2) is 56.4 Å². The molecule has 0 N–H and O–H groups in total. The van der Waals surface area contributed by atoms with Gasteiger partial charge in [-0.2, -0.15) is 11.3 Å². The topological polar surface area (TPSA) is 30.2 Å². The maximum absolute atomic E-state index is 11.9. The summed E-state index contributed by atoms with van der Waals surface area (Å²) in [6, 6.07) is 10.8. The predicted octanol–water partition coefficient (Wildman–Crippen LogP) is 4.02. The third kappa shape index (κ3) is 2.13. The molecule has 0 fully saturated rings. The van der Waals surface area contributed by atoms with Crippen molar-refractivity contribution in [2.24, 2.45) is 0 Å². The molecule has 0 unspecified atom stereocenters. The van der Waals surface area contributed by atoms with Gasteiger partial charge in [0.1, 0.15) is 11.3 Å². The van der Waals surface area contributed by atoms with Crippen molar-refractivity contribution >= 4 is 34.5 Å². The van der Waals surface area contributed by atoms with Gasteiger partial charge in [0.25, 0.3) is 0 Å². The van der Waals surface area contributed by atoms with Crippen LogP contribution in [0.5, 0.6) is 0 Å². The second-order valence-corrected chi connectivity index (χ2v) is 4.68. The largest absolute Gasteiger partial charge is 0.456 e. The Morgan fingerprint density at radius 3 is 2.83 bits per heavy atom. The van der Waals surface area contributed by atoms with Gasteiger partial charge in [0.05, 0.1) is 5.39 Å². The highest BCUT2D eigenvalue weighted by atomic mass is 32.1. The Balaban J connectivity index is 2.06. The third-order valence-corrected chi connectivity index (χ3v) is 3.34. The number of thiophene rings is 1. The first-order valence-electron chi connectivity index (χ1n) is 5.56. The van der Waals surface area contributed by atoms with Crippen LogP contribution in [-0.4, -0.2) is 0 Å². The molecule has 2 heterocycles. The highest BCUT2D eigenvalue weighted by Gasteiger charge is 2.01. The molecule has 0 amide bonds. The molecule has 0 aliphatic rings. The van der Waals surface area contributed by atoms with Crippen LogP contribution in [0.25, 0.3) is 23.1 Å². The van der Waals surface area contributed by atoms with Crippen molar-refractivity contribution < 1.29 is 4.42 Å². The van der Waals surface area contributed by atoms with E-state index in [1.54, 1.807) is 23.5 Å². The average Bonchev–Trinajstić information content (AvgIpc) is 2.90. The molecule has 18 heavy (non-hydrogen) atoms. The van der Waals surface area contributed by atoms with Crippen LogP contribution in [0.4, 0.5) is 0 Å². The van der Waals surface area contributed by atoms with Gasteiger partial charge >= 0.3 is 0 Å². The van der Waals surface area contributed by atoms with Gasteiger partial charge in [0.15, 0.2) is 5.43 Å². The van der Waals surface area contributed by atoms with E-state index >= 15 is 0 Å². The van der Waals surface area contributed by atoms with Crippen molar-refractivity contribution in [3.63, 3.8) is 0 Å². The summed E-state index contributed by atoms with van der Waals surface area (Å²) >= 11 is 1.64. The van der Waals surface area contributed by atoms with Crippen LogP contribution in [0.2, 0.25) is 0 Å². The van der Waals surface area contributed by atoms with E-state index in [0.29, 0.717) is 16.7 Å². The highest BCUT2D eigenvalue weighted by molar-refractivity contribution is 7.08. The first-order chi connectivity index (χ1) is 8.83. The van der Waals surface area contributed by atoms with Crippen LogP contribution in [0.3, 0.4) is 0 Å². The minimum Gasteiger partial charge on any atom is -0.456 e. The number of fused-ring (bicyclic) bond motifs is 1. The second kappa shape index (κ2) is 4.63. The molecule has 0 aliphatic heterocycles. The van der Waals surface area contributed by atoms with Crippen LogP contribution in [-0.2, 0) is 0 Å². The lowest BCUT2D eigenvalue weighted by atomic mass is 10.2. The van der Waals surface area contributed by atoms with E-state index in [1.807, 2.05) is 41.1 Å². The van der Waals surface area contributed by atoms with Gasteiger partial charge in [-0.15, -0.1) is 0 Å². The predicted molar refractivity (Wildman–Crippen MR) is 75.7 cm³/mol. The number of hydrogen-bond acceptors (Lipinski definition) is 3. The van der Waals surface area contributed by atoms with Crippen LogP contribution in [0.1, 0.15) is 11.3 Å². The van der Waals surface area contributed by atoms with E-state index in [4.69, 9.17) is 4.42 Å². The molecule has 3 aromatic rings. The van der Waals surface area contributed by atoms with Crippen LogP contribution < -0.4 is 5.43 Å². The average molecular weight is 254 g/mol. The van der Waals surface area contributed by atoms with Crippen molar-refractivity contribution in [1.82, 2.24) is 0 Å². The van der Waals surface area contributed by atoms with Gasteiger partial charge in [-0.25, -0.2) is 0 Å².